The standard InChI is InChI=1S/C45H31N3/c1-28-40-35-17-9-10-19-38(35)47-44(32-13-5-3-6-14-32)42(40)29(2)41-36-25-24-34(30-20-22-31(23-21-30)37-18-11-12-26-46-37)27-39(36)48-45(43(28)41)33-15-7-4-8-16-33/h3-27H,1-2H3. The molecule has 0 saturated carbocycles. The number of fused-ring (bicyclic) bond motifs is 6. The Hall–Kier alpha value is -6.19. The van der Waals surface area contributed by atoms with E-state index in [-0.39, 0.29) is 0 Å². The Labute approximate surface area is 279 Å². The Morgan fingerprint density at radius 1 is 0.375 bits per heavy atom. The minimum absolute atomic E-state index is 0.971. The lowest BCUT2D eigenvalue weighted by Gasteiger charge is -2.21. The maximum atomic E-state index is 5.47. The van der Waals surface area contributed by atoms with E-state index in [0.29, 0.717) is 0 Å². The SMILES string of the molecule is Cc1c2c(-c3ccccc3)nc3cc(-c4ccc(-c5ccccn5)cc4)ccc3c2c(C)c2c(-c3ccccc3)nc3ccccc3c12. The van der Waals surface area contributed by atoms with Gasteiger partial charge >= 0.3 is 0 Å². The molecule has 3 nitrogen and oxygen atoms in total. The largest absolute Gasteiger partial charge is 0.256 e. The zero-order valence-corrected chi connectivity index (χ0v) is 26.8. The second-order valence-corrected chi connectivity index (χ2v) is 12.4. The van der Waals surface area contributed by atoms with Gasteiger partial charge in [-0.2, -0.15) is 0 Å². The van der Waals surface area contributed by atoms with Gasteiger partial charge in [-0.3, -0.25) is 4.98 Å². The van der Waals surface area contributed by atoms with Gasteiger partial charge in [-0.25, -0.2) is 9.97 Å². The molecule has 0 saturated heterocycles. The molecule has 0 radical (unpaired) electrons. The Morgan fingerprint density at radius 3 is 1.52 bits per heavy atom. The quantitative estimate of drug-likeness (QED) is 0.146. The minimum atomic E-state index is 0.971. The van der Waals surface area contributed by atoms with Crippen molar-refractivity contribution in [1.82, 2.24) is 15.0 Å². The Bertz CT molecular complexity index is 2650. The van der Waals surface area contributed by atoms with Crippen LogP contribution in [0.5, 0.6) is 0 Å². The molecular formula is C45H31N3. The summed E-state index contributed by atoms with van der Waals surface area (Å²) in [7, 11) is 0. The second-order valence-electron chi connectivity index (χ2n) is 12.4. The highest BCUT2D eigenvalue weighted by Gasteiger charge is 2.22. The molecule has 226 valence electrons. The molecule has 0 aliphatic heterocycles. The van der Waals surface area contributed by atoms with E-state index in [4.69, 9.17) is 9.97 Å². The molecule has 0 aliphatic rings. The molecule has 0 N–H and O–H groups in total. The fourth-order valence-corrected chi connectivity index (χ4v) is 7.39. The van der Waals surface area contributed by atoms with E-state index >= 15 is 0 Å². The van der Waals surface area contributed by atoms with Crippen LogP contribution in [0.1, 0.15) is 11.1 Å². The predicted octanol–water partition coefficient (Wildman–Crippen LogP) is 11.8. The lowest BCUT2D eigenvalue weighted by molar-refractivity contribution is 1.33. The van der Waals surface area contributed by atoms with Crippen LogP contribution in [-0.4, -0.2) is 15.0 Å². The van der Waals surface area contributed by atoms with E-state index in [1.165, 1.54) is 38.1 Å². The number of aromatic nitrogens is 3. The molecular weight excluding hydrogens is 583 g/mol. The van der Waals surface area contributed by atoms with Crippen LogP contribution < -0.4 is 0 Å². The average molecular weight is 614 g/mol. The number of para-hydroxylation sites is 1. The van der Waals surface area contributed by atoms with Gasteiger partial charge in [-0.15, -0.1) is 0 Å². The molecule has 9 aromatic rings. The molecule has 0 bridgehead atoms. The highest BCUT2D eigenvalue weighted by atomic mass is 14.7. The Morgan fingerprint density at radius 2 is 0.896 bits per heavy atom. The molecule has 3 heteroatoms. The van der Waals surface area contributed by atoms with Crippen molar-refractivity contribution in [3.63, 3.8) is 0 Å². The van der Waals surface area contributed by atoms with E-state index < -0.39 is 0 Å². The van der Waals surface area contributed by atoms with Crippen molar-refractivity contribution in [1.29, 1.82) is 0 Å². The van der Waals surface area contributed by atoms with E-state index in [1.54, 1.807) is 0 Å². The third-order valence-corrected chi connectivity index (χ3v) is 9.65. The lowest BCUT2D eigenvalue weighted by Crippen LogP contribution is -1.99. The fourth-order valence-electron chi connectivity index (χ4n) is 7.39. The summed E-state index contributed by atoms with van der Waals surface area (Å²) in [5.74, 6) is 0. The molecule has 0 fully saturated rings. The lowest BCUT2D eigenvalue weighted by atomic mass is 9.85. The fraction of sp³-hybridized carbons (Fsp3) is 0.0444. The average Bonchev–Trinajstić information content (AvgIpc) is 3.16. The highest BCUT2D eigenvalue weighted by Crippen LogP contribution is 2.45. The number of hydrogen-bond donors (Lipinski definition) is 0. The normalized spacial score (nSPS) is 11.5. The first-order valence-electron chi connectivity index (χ1n) is 16.4. The van der Waals surface area contributed by atoms with Crippen LogP contribution in [0.25, 0.3) is 88.2 Å². The predicted molar refractivity (Wildman–Crippen MR) is 201 cm³/mol. The second kappa shape index (κ2) is 11.3. The molecule has 3 aromatic heterocycles. The van der Waals surface area contributed by atoms with E-state index in [2.05, 4.69) is 146 Å². The summed E-state index contributed by atoms with van der Waals surface area (Å²) >= 11 is 0. The van der Waals surface area contributed by atoms with E-state index in [0.717, 1.165) is 61.3 Å². The summed E-state index contributed by atoms with van der Waals surface area (Å²) in [6, 6.07) is 51.1. The molecule has 0 atom stereocenters. The highest BCUT2D eigenvalue weighted by molar-refractivity contribution is 6.25. The van der Waals surface area contributed by atoms with Gasteiger partial charge in [0.25, 0.3) is 0 Å². The molecule has 3 heterocycles. The molecule has 6 aromatic carbocycles. The van der Waals surface area contributed by atoms with Crippen LogP contribution in [0.2, 0.25) is 0 Å². The Kier molecular flexibility index (Phi) is 6.58. The number of aryl methyl sites for hydroxylation is 2. The first kappa shape index (κ1) is 28.1. The van der Waals surface area contributed by atoms with Crippen molar-refractivity contribution in [2.24, 2.45) is 0 Å². The summed E-state index contributed by atoms with van der Waals surface area (Å²) in [5.41, 5.74) is 13.0. The van der Waals surface area contributed by atoms with Gasteiger partial charge in [-0.05, 0) is 71.1 Å². The summed E-state index contributed by atoms with van der Waals surface area (Å²) in [6.45, 7) is 4.54. The monoisotopic (exact) mass is 613 g/mol. The third kappa shape index (κ3) is 4.47. The Balaban J connectivity index is 1.37. The van der Waals surface area contributed by atoms with E-state index in [9.17, 15) is 0 Å². The van der Waals surface area contributed by atoms with Gasteiger partial charge in [0.05, 0.1) is 28.1 Å². The van der Waals surface area contributed by atoms with Gasteiger partial charge < -0.3 is 0 Å². The molecule has 0 spiro atoms. The smallest absolute Gasteiger partial charge is 0.0791 e. The van der Waals surface area contributed by atoms with Crippen molar-refractivity contribution in [3.05, 3.63) is 163 Å². The maximum absolute atomic E-state index is 5.47. The number of rotatable bonds is 4. The van der Waals surface area contributed by atoms with Crippen LogP contribution in [0.15, 0.2) is 152 Å². The van der Waals surface area contributed by atoms with Crippen molar-refractivity contribution in [2.75, 3.05) is 0 Å². The van der Waals surface area contributed by atoms with Gasteiger partial charge in [0.2, 0.25) is 0 Å². The molecule has 0 aliphatic carbocycles. The third-order valence-electron chi connectivity index (χ3n) is 9.65. The summed E-state index contributed by atoms with van der Waals surface area (Å²) in [5, 5.41) is 7.18. The van der Waals surface area contributed by atoms with Gasteiger partial charge in [0.15, 0.2) is 0 Å². The van der Waals surface area contributed by atoms with Crippen LogP contribution in [0.4, 0.5) is 0 Å². The topological polar surface area (TPSA) is 38.7 Å². The van der Waals surface area contributed by atoms with Crippen molar-refractivity contribution < 1.29 is 0 Å². The van der Waals surface area contributed by atoms with E-state index in [1.807, 2.05) is 24.4 Å². The first-order valence-corrected chi connectivity index (χ1v) is 16.4. The van der Waals surface area contributed by atoms with Crippen molar-refractivity contribution >= 4 is 43.4 Å². The number of hydrogen-bond acceptors (Lipinski definition) is 3. The number of pyridine rings is 3. The van der Waals surface area contributed by atoms with Gasteiger partial charge in [0.1, 0.15) is 0 Å². The zero-order chi connectivity index (χ0) is 32.2. The van der Waals surface area contributed by atoms with Crippen LogP contribution >= 0.6 is 0 Å². The van der Waals surface area contributed by atoms with Crippen LogP contribution in [-0.2, 0) is 0 Å². The molecule has 0 amide bonds. The zero-order valence-electron chi connectivity index (χ0n) is 26.8. The molecule has 48 heavy (non-hydrogen) atoms. The molecule has 9 rings (SSSR count). The number of benzene rings is 6. The summed E-state index contributed by atoms with van der Waals surface area (Å²) < 4.78 is 0. The van der Waals surface area contributed by atoms with Crippen molar-refractivity contribution in [2.45, 2.75) is 13.8 Å². The molecule has 0 unspecified atom stereocenters. The van der Waals surface area contributed by atoms with Crippen LogP contribution in [0.3, 0.4) is 0 Å². The first-order chi connectivity index (χ1) is 23.7. The summed E-state index contributed by atoms with van der Waals surface area (Å²) in [6.07, 6.45) is 1.83. The van der Waals surface area contributed by atoms with Gasteiger partial charge in [0, 0.05) is 44.4 Å². The summed E-state index contributed by atoms with van der Waals surface area (Å²) in [4.78, 5) is 15.3. The minimum Gasteiger partial charge on any atom is -0.256 e. The van der Waals surface area contributed by atoms with Gasteiger partial charge in [-0.1, -0.05) is 121 Å². The maximum Gasteiger partial charge on any atom is 0.0791 e. The van der Waals surface area contributed by atoms with Crippen molar-refractivity contribution in [3.8, 4) is 44.9 Å². The number of nitrogens with zero attached hydrogens (tertiary/aromatic N) is 3. The van der Waals surface area contributed by atoms with Crippen LogP contribution in [0, 0.1) is 13.8 Å².